The first-order chi connectivity index (χ1) is 13.7. The number of nitrogens with zero attached hydrogens (tertiary/aromatic N) is 2. The minimum Gasteiger partial charge on any atom is -0.333 e. The van der Waals surface area contributed by atoms with Gasteiger partial charge < -0.3 is 9.80 Å². The SMILES string of the molecule is CCCCN(CC(=O)N(Cc1ccccc1)Cc1cccs1)C(=O)C1CCC1. The molecule has 0 unspecified atom stereocenters. The predicted octanol–water partition coefficient (Wildman–Crippen LogP) is 4.71. The van der Waals surface area contributed by atoms with E-state index in [9.17, 15) is 9.59 Å². The first kappa shape index (κ1) is 20.6. The Bertz CT molecular complexity index is 741. The van der Waals surface area contributed by atoms with Gasteiger partial charge in [-0.2, -0.15) is 0 Å². The highest BCUT2D eigenvalue weighted by Crippen LogP contribution is 2.28. The molecule has 4 nitrogen and oxygen atoms in total. The molecular formula is C23H30N2O2S. The fourth-order valence-corrected chi connectivity index (χ4v) is 4.14. The quantitative estimate of drug-likeness (QED) is 0.582. The van der Waals surface area contributed by atoms with E-state index < -0.39 is 0 Å². The summed E-state index contributed by atoms with van der Waals surface area (Å²) in [5, 5.41) is 2.04. The topological polar surface area (TPSA) is 40.6 Å². The lowest BCUT2D eigenvalue weighted by Crippen LogP contribution is -2.46. The molecule has 0 aliphatic heterocycles. The second kappa shape index (κ2) is 10.4. The molecule has 1 aliphatic carbocycles. The van der Waals surface area contributed by atoms with Gasteiger partial charge in [-0.05, 0) is 36.3 Å². The van der Waals surface area contributed by atoms with Crippen LogP contribution in [-0.4, -0.2) is 34.7 Å². The number of carbonyl (C=O) groups excluding carboxylic acids is 2. The van der Waals surface area contributed by atoms with Crippen LogP contribution in [0.4, 0.5) is 0 Å². The summed E-state index contributed by atoms with van der Waals surface area (Å²) in [4.78, 5) is 30.9. The lowest BCUT2D eigenvalue weighted by atomic mass is 9.84. The Morgan fingerprint density at radius 3 is 2.43 bits per heavy atom. The zero-order valence-corrected chi connectivity index (χ0v) is 17.5. The molecule has 1 saturated carbocycles. The van der Waals surface area contributed by atoms with Crippen molar-refractivity contribution in [3.05, 3.63) is 58.3 Å². The van der Waals surface area contributed by atoms with E-state index in [1.807, 2.05) is 51.6 Å². The Kier molecular flexibility index (Phi) is 7.66. The Balaban J connectivity index is 1.70. The number of rotatable bonds is 10. The number of benzene rings is 1. The van der Waals surface area contributed by atoms with Crippen LogP contribution in [0, 0.1) is 5.92 Å². The van der Waals surface area contributed by atoms with E-state index in [-0.39, 0.29) is 24.3 Å². The fourth-order valence-electron chi connectivity index (χ4n) is 3.42. The molecule has 2 aromatic rings. The van der Waals surface area contributed by atoms with Crippen LogP contribution in [-0.2, 0) is 22.7 Å². The van der Waals surface area contributed by atoms with Gasteiger partial charge in [0.05, 0.1) is 13.1 Å². The highest BCUT2D eigenvalue weighted by molar-refractivity contribution is 7.09. The van der Waals surface area contributed by atoms with Crippen molar-refractivity contribution in [3.8, 4) is 0 Å². The monoisotopic (exact) mass is 398 g/mol. The molecule has 1 aliphatic rings. The summed E-state index contributed by atoms with van der Waals surface area (Å²) >= 11 is 1.66. The molecule has 3 rings (SSSR count). The average molecular weight is 399 g/mol. The van der Waals surface area contributed by atoms with Crippen molar-refractivity contribution >= 4 is 23.2 Å². The highest BCUT2D eigenvalue weighted by Gasteiger charge is 2.31. The van der Waals surface area contributed by atoms with Gasteiger partial charge in [0.2, 0.25) is 11.8 Å². The van der Waals surface area contributed by atoms with Crippen molar-refractivity contribution in [2.45, 2.75) is 52.1 Å². The van der Waals surface area contributed by atoms with Gasteiger partial charge in [0.1, 0.15) is 0 Å². The first-order valence-electron chi connectivity index (χ1n) is 10.3. The zero-order chi connectivity index (χ0) is 19.8. The molecule has 0 radical (unpaired) electrons. The molecule has 1 heterocycles. The van der Waals surface area contributed by atoms with Crippen LogP contribution in [0.3, 0.4) is 0 Å². The maximum Gasteiger partial charge on any atom is 0.242 e. The van der Waals surface area contributed by atoms with Crippen LogP contribution in [0.1, 0.15) is 49.5 Å². The van der Waals surface area contributed by atoms with Crippen molar-refractivity contribution in [2.24, 2.45) is 5.92 Å². The van der Waals surface area contributed by atoms with Crippen molar-refractivity contribution in [1.29, 1.82) is 0 Å². The molecule has 0 N–H and O–H groups in total. The molecule has 0 atom stereocenters. The minimum absolute atomic E-state index is 0.0287. The zero-order valence-electron chi connectivity index (χ0n) is 16.7. The maximum atomic E-state index is 13.2. The van der Waals surface area contributed by atoms with E-state index >= 15 is 0 Å². The smallest absolute Gasteiger partial charge is 0.242 e. The lowest BCUT2D eigenvalue weighted by molar-refractivity contribution is -0.145. The Labute approximate surface area is 172 Å². The van der Waals surface area contributed by atoms with Crippen LogP contribution in [0.5, 0.6) is 0 Å². The lowest BCUT2D eigenvalue weighted by Gasteiger charge is -2.33. The van der Waals surface area contributed by atoms with E-state index in [2.05, 4.69) is 13.0 Å². The average Bonchev–Trinajstić information content (AvgIpc) is 3.17. The summed E-state index contributed by atoms with van der Waals surface area (Å²) < 4.78 is 0. The molecule has 28 heavy (non-hydrogen) atoms. The third-order valence-corrected chi connectivity index (χ3v) is 6.23. The third-order valence-electron chi connectivity index (χ3n) is 5.37. The summed E-state index contributed by atoms with van der Waals surface area (Å²) in [5.41, 5.74) is 1.11. The van der Waals surface area contributed by atoms with Crippen molar-refractivity contribution < 1.29 is 9.59 Å². The third kappa shape index (κ3) is 5.68. The van der Waals surface area contributed by atoms with Gasteiger partial charge in [0, 0.05) is 23.9 Å². The van der Waals surface area contributed by atoms with E-state index in [0.29, 0.717) is 19.6 Å². The molecular weight excluding hydrogens is 368 g/mol. The second-order valence-electron chi connectivity index (χ2n) is 7.56. The van der Waals surface area contributed by atoms with Crippen LogP contribution in [0.25, 0.3) is 0 Å². The fraction of sp³-hybridized carbons (Fsp3) is 0.478. The molecule has 150 valence electrons. The van der Waals surface area contributed by atoms with Gasteiger partial charge in [0.25, 0.3) is 0 Å². The number of unbranched alkanes of at least 4 members (excludes halogenated alkanes) is 1. The second-order valence-corrected chi connectivity index (χ2v) is 8.59. The van der Waals surface area contributed by atoms with Crippen LogP contribution in [0.15, 0.2) is 47.8 Å². The standard InChI is InChI=1S/C23H30N2O2S/c1-2-3-14-24(23(27)20-11-7-12-20)18-22(26)25(17-21-13-8-15-28-21)16-19-9-5-4-6-10-19/h4-6,8-10,13,15,20H,2-3,7,11-12,14,16-18H2,1H3. The Hall–Kier alpha value is -2.14. The number of carbonyl (C=O) groups is 2. The molecule has 1 aromatic carbocycles. The minimum atomic E-state index is 0.0287. The van der Waals surface area contributed by atoms with Gasteiger partial charge in [-0.15, -0.1) is 11.3 Å². The maximum absolute atomic E-state index is 13.2. The molecule has 0 spiro atoms. The molecule has 0 saturated heterocycles. The summed E-state index contributed by atoms with van der Waals surface area (Å²) in [5.74, 6) is 0.328. The molecule has 1 aromatic heterocycles. The van der Waals surface area contributed by atoms with E-state index in [4.69, 9.17) is 0 Å². The van der Waals surface area contributed by atoms with Crippen molar-refractivity contribution in [3.63, 3.8) is 0 Å². The van der Waals surface area contributed by atoms with Gasteiger partial charge >= 0.3 is 0 Å². The van der Waals surface area contributed by atoms with E-state index in [1.54, 1.807) is 11.3 Å². The van der Waals surface area contributed by atoms with Crippen LogP contribution < -0.4 is 0 Å². The summed E-state index contributed by atoms with van der Waals surface area (Å²) in [6.07, 6.45) is 5.03. The largest absolute Gasteiger partial charge is 0.333 e. The normalized spacial score (nSPS) is 13.8. The van der Waals surface area contributed by atoms with Crippen LogP contribution >= 0.6 is 11.3 Å². The summed E-state index contributed by atoms with van der Waals surface area (Å²) in [6.45, 7) is 4.14. The number of hydrogen-bond donors (Lipinski definition) is 0. The van der Waals surface area contributed by atoms with Gasteiger partial charge in [-0.3, -0.25) is 9.59 Å². The van der Waals surface area contributed by atoms with Crippen molar-refractivity contribution in [2.75, 3.05) is 13.1 Å². The molecule has 1 fully saturated rings. The number of hydrogen-bond acceptors (Lipinski definition) is 3. The van der Waals surface area contributed by atoms with Crippen LogP contribution in [0.2, 0.25) is 0 Å². The summed E-state index contributed by atoms with van der Waals surface area (Å²) in [7, 11) is 0. The highest BCUT2D eigenvalue weighted by atomic mass is 32.1. The number of amides is 2. The molecule has 2 amide bonds. The van der Waals surface area contributed by atoms with Gasteiger partial charge in [0.15, 0.2) is 0 Å². The molecule has 0 bridgehead atoms. The Morgan fingerprint density at radius 1 is 1.04 bits per heavy atom. The Morgan fingerprint density at radius 2 is 1.82 bits per heavy atom. The van der Waals surface area contributed by atoms with Gasteiger partial charge in [-0.25, -0.2) is 0 Å². The first-order valence-corrected chi connectivity index (χ1v) is 11.2. The number of thiophene rings is 1. The predicted molar refractivity (Wildman–Crippen MR) is 114 cm³/mol. The van der Waals surface area contributed by atoms with E-state index in [0.717, 1.165) is 42.5 Å². The molecule has 5 heteroatoms. The summed E-state index contributed by atoms with van der Waals surface area (Å²) in [6, 6.07) is 14.1. The van der Waals surface area contributed by atoms with E-state index in [1.165, 1.54) is 0 Å². The van der Waals surface area contributed by atoms with Gasteiger partial charge in [-0.1, -0.05) is 56.2 Å². The van der Waals surface area contributed by atoms with Crippen molar-refractivity contribution in [1.82, 2.24) is 9.80 Å².